The van der Waals surface area contributed by atoms with Crippen LogP contribution >= 0.6 is 0 Å². The fourth-order valence-corrected chi connectivity index (χ4v) is 3.12. The van der Waals surface area contributed by atoms with Gasteiger partial charge < -0.3 is 15.0 Å². The Labute approximate surface area is 151 Å². The maximum atomic E-state index is 5.87. The molecular weight excluding hydrogens is 326 g/mol. The lowest BCUT2D eigenvalue weighted by Crippen LogP contribution is -2.13. The molecule has 26 heavy (non-hydrogen) atoms. The predicted molar refractivity (Wildman–Crippen MR) is 101 cm³/mol. The third kappa shape index (κ3) is 3.09. The molecule has 0 bridgehead atoms. The smallest absolute Gasteiger partial charge is 0.142 e. The number of hydrogen-bond donors (Lipinski definition) is 1. The van der Waals surface area contributed by atoms with Crippen molar-refractivity contribution in [1.82, 2.24) is 19.5 Å². The first kappa shape index (κ1) is 16.1. The highest BCUT2D eigenvalue weighted by Gasteiger charge is 2.18. The minimum atomic E-state index is -0.00508. The lowest BCUT2D eigenvalue weighted by Gasteiger charge is -2.18. The number of para-hydroxylation sites is 2. The molecule has 0 aliphatic carbocycles. The maximum absolute atomic E-state index is 5.87. The van der Waals surface area contributed by atoms with Crippen molar-refractivity contribution in [3.05, 3.63) is 78.5 Å². The first-order chi connectivity index (χ1) is 12.7. The molecular formula is C20H19N5O. The highest BCUT2D eigenvalue weighted by molar-refractivity contribution is 5.75. The van der Waals surface area contributed by atoms with E-state index in [1.807, 2.05) is 48.8 Å². The van der Waals surface area contributed by atoms with E-state index in [0.29, 0.717) is 12.4 Å². The van der Waals surface area contributed by atoms with Crippen molar-refractivity contribution >= 4 is 16.9 Å². The molecule has 0 saturated heterocycles. The van der Waals surface area contributed by atoms with Crippen LogP contribution in [0.15, 0.2) is 67.3 Å². The molecule has 1 atom stereocenters. The van der Waals surface area contributed by atoms with Crippen LogP contribution in [-0.2, 0) is 6.54 Å². The number of aromatic nitrogens is 4. The molecule has 0 saturated carbocycles. The maximum Gasteiger partial charge on any atom is 0.142 e. The molecule has 0 unspecified atom stereocenters. The van der Waals surface area contributed by atoms with Gasteiger partial charge >= 0.3 is 0 Å². The number of anilines is 1. The van der Waals surface area contributed by atoms with Crippen LogP contribution in [0, 0.1) is 0 Å². The summed E-state index contributed by atoms with van der Waals surface area (Å²) in [6, 6.07) is 16.1. The number of imidazole rings is 1. The largest absolute Gasteiger partial charge is 0.497 e. The van der Waals surface area contributed by atoms with Gasteiger partial charge in [0.25, 0.3) is 0 Å². The number of methoxy groups -OCH3 is 1. The van der Waals surface area contributed by atoms with E-state index >= 15 is 0 Å². The minimum absolute atomic E-state index is 0.00508. The average molecular weight is 345 g/mol. The number of ether oxygens (including phenoxy) is 1. The second kappa shape index (κ2) is 6.84. The van der Waals surface area contributed by atoms with E-state index in [2.05, 4.69) is 25.6 Å². The number of nitrogens with zero attached hydrogens (tertiary/aromatic N) is 4. The van der Waals surface area contributed by atoms with Crippen molar-refractivity contribution in [1.29, 1.82) is 0 Å². The van der Waals surface area contributed by atoms with Crippen molar-refractivity contribution in [2.24, 2.45) is 0 Å². The predicted octanol–water partition coefficient (Wildman–Crippen LogP) is 3.25. The van der Waals surface area contributed by atoms with Crippen LogP contribution in [0.5, 0.6) is 5.75 Å². The highest BCUT2D eigenvalue weighted by atomic mass is 16.5. The highest BCUT2D eigenvalue weighted by Crippen LogP contribution is 2.28. The third-order valence-corrected chi connectivity index (χ3v) is 4.45. The normalized spacial score (nSPS) is 12.2. The Morgan fingerprint density at radius 3 is 2.65 bits per heavy atom. The zero-order chi connectivity index (χ0) is 17.9. The van der Waals surface area contributed by atoms with Crippen LogP contribution in [0.4, 0.5) is 5.82 Å². The number of fused-ring (bicyclic) bond motifs is 1. The molecule has 130 valence electrons. The summed E-state index contributed by atoms with van der Waals surface area (Å²) in [4.78, 5) is 13.2. The Hall–Kier alpha value is -3.41. The summed E-state index contributed by atoms with van der Waals surface area (Å²) in [6.07, 6.45) is 5.19. The van der Waals surface area contributed by atoms with Crippen molar-refractivity contribution in [2.75, 3.05) is 12.8 Å². The Morgan fingerprint density at radius 2 is 1.88 bits per heavy atom. The van der Waals surface area contributed by atoms with E-state index in [4.69, 9.17) is 10.5 Å². The van der Waals surface area contributed by atoms with Crippen LogP contribution in [-0.4, -0.2) is 26.6 Å². The SMILES string of the molecule is COc1ccc([C@@H](Cn2cnc3ccccc32)c2cncc(N)n2)cc1. The van der Waals surface area contributed by atoms with Gasteiger partial charge in [-0.2, -0.15) is 0 Å². The molecule has 2 aromatic heterocycles. The van der Waals surface area contributed by atoms with Crippen molar-refractivity contribution in [3.63, 3.8) is 0 Å². The number of hydrogen-bond acceptors (Lipinski definition) is 5. The summed E-state index contributed by atoms with van der Waals surface area (Å²) in [6.45, 7) is 0.685. The van der Waals surface area contributed by atoms with Gasteiger partial charge in [-0.1, -0.05) is 24.3 Å². The molecule has 0 fully saturated rings. The zero-order valence-corrected chi connectivity index (χ0v) is 14.4. The summed E-state index contributed by atoms with van der Waals surface area (Å²) in [5.41, 5.74) is 9.87. The van der Waals surface area contributed by atoms with Gasteiger partial charge in [0.1, 0.15) is 11.6 Å². The summed E-state index contributed by atoms with van der Waals surface area (Å²) in [5, 5.41) is 0. The van der Waals surface area contributed by atoms with Gasteiger partial charge in [-0.3, -0.25) is 4.98 Å². The lowest BCUT2D eigenvalue weighted by atomic mass is 9.95. The van der Waals surface area contributed by atoms with Crippen molar-refractivity contribution < 1.29 is 4.74 Å². The average Bonchev–Trinajstić information content (AvgIpc) is 3.09. The van der Waals surface area contributed by atoms with Crippen LogP contribution in [0.25, 0.3) is 11.0 Å². The van der Waals surface area contributed by atoms with E-state index in [0.717, 1.165) is 28.0 Å². The van der Waals surface area contributed by atoms with Crippen molar-refractivity contribution in [3.8, 4) is 5.75 Å². The zero-order valence-electron chi connectivity index (χ0n) is 14.4. The van der Waals surface area contributed by atoms with Gasteiger partial charge in [0.15, 0.2) is 0 Å². The molecule has 0 radical (unpaired) electrons. The van der Waals surface area contributed by atoms with Crippen LogP contribution in [0.1, 0.15) is 17.2 Å². The standard InChI is InChI=1S/C20H19N5O/c1-26-15-8-6-14(7-9-15)16(18-10-22-11-20(21)24-18)12-25-13-23-17-4-2-3-5-19(17)25/h2-11,13,16H,12H2,1H3,(H2,21,24)/t16-/m1/s1. The summed E-state index contributed by atoms with van der Waals surface area (Å²) in [7, 11) is 1.66. The number of benzene rings is 2. The van der Waals surface area contributed by atoms with Gasteiger partial charge in [0.2, 0.25) is 0 Å². The van der Waals surface area contributed by atoms with Crippen LogP contribution < -0.4 is 10.5 Å². The molecule has 4 rings (SSSR count). The molecule has 0 aliphatic rings. The molecule has 2 heterocycles. The van der Waals surface area contributed by atoms with E-state index in [-0.39, 0.29) is 5.92 Å². The second-order valence-corrected chi connectivity index (χ2v) is 6.08. The van der Waals surface area contributed by atoms with Crippen LogP contribution in [0.3, 0.4) is 0 Å². The topological polar surface area (TPSA) is 78.8 Å². The molecule has 0 aliphatic heterocycles. The molecule has 4 aromatic rings. The Balaban J connectivity index is 1.77. The van der Waals surface area contributed by atoms with Crippen molar-refractivity contribution in [2.45, 2.75) is 12.5 Å². The van der Waals surface area contributed by atoms with E-state index in [1.54, 1.807) is 19.5 Å². The first-order valence-corrected chi connectivity index (χ1v) is 8.36. The van der Waals surface area contributed by atoms with Gasteiger partial charge in [-0.25, -0.2) is 9.97 Å². The van der Waals surface area contributed by atoms with Gasteiger partial charge in [-0.15, -0.1) is 0 Å². The molecule has 6 heteroatoms. The van der Waals surface area contributed by atoms with E-state index < -0.39 is 0 Å². The van der Waals surface area contributed by atoms with Gasteiger partial charge in [0.05, 0.1) is 36.4 Å². The van der Waals surface area contributed by atoms with Crippen LogP contribution in [0.2, 0.25) is 0 Å². The Kier molecular flexibility index (Phi) is 4.23. The monoisotopic (exact) mass is 345 g/mol. The Bertz CT molecular complexity index is 1030. The molecule has 2 aromatic carbocycles. The fourth-order valence-electron chi connectivity index (χ4n) is 3.12. The quantitative estimate of drug-likeness (QED) is 0.601. The second-order valence-electron chi connectivity index (χ2n) is 6.08. The molecule has 0 amide bonds. The number of nitrogens with two attached hydrogens (primary N) is 1. The van der Waals surface area contributed by atoms with Gasteiger partial charge in [0, 0.05) is 18.7 Å². The summed E-state index contributed by atoms with van der Waals surface area (Å²) in [5.74, 6) is 1.23. The third-order valence-electron chi connectivity index (χ3n) is 4.45. The van der Waals surface area contributed by atoms with E-state index in [1.165, 1.54) is 0 Å². The number of nitrogen functional groups attached to an aromatic ring is 1. The summed E-state index contributed by atoms with van der Waals surface area (Å²) < 4.78 is 7.41. The van der Waals surface area contributed by atoms with Gasteiger partial charge in [-0.05, 0) is 29.8 Å². The first-order valence-electron chi connectivity index (χ1n) is 8.36. The molecule has 2 N–H and O–H groups in total. The number of rotatable bonds is 5. The summed E-state index contributed by atoms with van der Waals surface area (Å²) >= 11 is 0. The Morgan fingerprint density at radius 1 is 1.08 bits per heavy atom. The minimum Gasteiger partial charge on any atom is -0.497 e. The fraction of sp³-hybridized carbons (Fsp3) is 0.150. The van der Waals surface area contributed by atoms with E-state index in [9.17, 15) is 0 Å². The molecule has 6 nitrogen and oxygen atoms in total. The lowest BCUT2D eigenvalue weighted by molar-refractivity contribution is 0.414. The molecule has 0 spiro atoms.